The van der Waals surface area contributed by atoms with Crippen molar-refractivity contribution < 1.29 is 23.8 Å². The highest BCUT2D eigenvalue weighted by molar-refractivity contribution is 6.30. The number of carbonyl (C=O) groups is 2. The number of fused-ring (bicyclic) bond motifs is 2. The number of aliphatic hydroxyl groups excluding tert-OH is 1. The molecular weight excluding hydrogens is 425 g/mol. The first-order valence-corrected chi connectivity index (χ1v) is 10.2. The van der Waals surface area contributed by atoms with Crippen molar-refractivity contribution in [3.8, 4) is 5.75 Å². The number of rotatable bonds is 6. The number of pyridine rings is 1. The summed E-state index contributed by atoms with van der Waals surface area (Å²) in [4.78, 5) is 28.9. The second-order valence-corrected chi connectivity index (χ2v) is 8.37. The molecule has 3 N–H and O–H groups in total. The van der Waals surface area contributed by atoms with E-state index in [2.05, 4.69) is 15.6 Å². The lowest BCUT2D eigenvalue weighted by Crippen LogP contribution is -2.61. The van der Waals surface area contributed by atoms with Gasteiger partial charge in [0, 0.05) is 24.4 Å². The Kier molecular flexibility index (Phi) is 5.68. The third kappa shape index (κ3) is 4.55. The maximum absolute atomic E-state index is 13.4. The van der Waals surface area contributed by atoms with Gasteiger partial charge in [-0.3, -0.25) is 14.6 Å². The Balaban J connectivity index is 1.34. The van der Waals surface area contributed by atoms with Crippen molar-refractivity contribution in [2.45, 2.75) is 37.8 Å². The topological polar surface area (TPSA) is 101 Å². The number of amides is 2. The lowest BCUT2D eigenvalue weighted by atomic mass is 9.63. The van der Waals surface area contributed by atoms with Crippen molar-refractivity contribution >= 4 is 23.4 Å². The number of ether oxygens (including phenoxy) is 1. The molecule has 1 aromatic carbocycles. The fraction of sp³-hybridized carbons (Fsp3) is 0.318. The highest BCUT2D eigenvalue weighted by atomic mass is 35.5. The standard InChI is InChI=1S/C22H21ClFN3O4/c1-12-2-5-17(25-10-12)21(30)27-22-7-13(8-22)20(18(28)9-22)26-19(29)11-31-14-3-4-15(23)16(24)6-14/h2-6,10,18,28H,7-9,11H2,1H3,(H,26,29)(H,27,30)/t18-/m0/s1. The van der Waals surface area contributed by atoms with Crippen LogP contribution in [0.15, 0.2) is 47.8 Å². The Morgan fingerprint density at radius 1 is 1.32 bits per heavy atom. The average molecular weight is 446 g/mol. The minimum Gasteiger partial charge on any atom is -0.484 e. The van der Waals surface area contributed by atoms with Crippen LogP contribution in [0.5, 0.6) is 5.75 Å². The summed E-state index contributed by atoms with van der Waals surface area (Å²) in [5, 5.41) is 16.1. The van der Waals surface area contributed by atoms with Crippen LogP contribution in [0.4, 0.5) is 4.39 Å². The van der Waals surface area contributed by atoms with E-state index in [0.29, 0.717) is 24.2 Å². The zero-order chi connectivity index (χ0) is 22.2. The van der Waals surface area contributed by atoms with Gasteiger partial charge in [-0.25, -0.2) is 4.39 Å². The quantitative estimate of drug-likeness (QED) is 0.634. The molecule has 2 aromatic rings. The molecule has 0 unspecified atom stereocenters. The summed E-state index contributed by atoms with van der Waals surface area (Å²) in [5.74, 6) is -1.22. The molecule has 1 fully saturated rings. The number of aromatic nitrogens is 1. The average Bonchev–Trinajstić information content (AvgIpc) is 2.70. The van der Waals surface area contributed by atoms with E-state index < -0.39 is 23.4 Å². The zero-order valence-corrected chi connectivity index (χ0v) is 17.5. The van der Waals surface area contributed by atoms with Gasteiger partial charge in [0.2, 0.25) is 0 Å². The summed E-state index contributed by atoms with van der Waals surface area (Å²) < 4.78 is 18.7. The van der Waals surface area contributed by atoms with Crippen LogP contribution in [0.2, 0.25) is 5.02 Å². The number of benzene rings is 1. The van der Waals surface area contributed by atoms with Gasteiger partial charge in [-0.15, -0.1) is 0 Å². The summed E-state index contributed by atoms with van der Waals surface area (Å²) in [6.45, 7) is 1.55. The van der Waals surface area contributed by atoms with Gasteiger partial charge in [-0.1, -0.05) is 17.7 Å². The van der Waals surface area contributed by atoms with Crippen LogP contribution in [-0.4, -0.2) is 40.2 Å². The van der Waals surface area contributed by atoms with E-state index in [4.69, 9.17) is 16.3 Å². The van der Waals surface area contributed by atoms with Crippen LogP contribution in [0.1, 0.15) is 35.3 Å². The van der Waals surface area contributed by atoms with Gasteiger partial charge in [0.05, 0.1) is 16.7 Å². The van der Waals surface area contributed by atoms with Gasteiger partial charge in [0.25, 0.3) is 11.8 Å². The van der Waals surface area contributed by atoms with Crippen LogP contribution in [0, 0.1) is 12.7 Å². The number of hydrogen-bond donors (Lipinski definition) is 3. The second kappa shape index (κ2) is 8.28. The SMILES string of the molecule is Cc1ccc(C(=O)NC23CC(=C(NC(=O)COc4ccc(Cl)c(F)c4)[C@@H](O)C2)C3)nc1. The molecule has 1 heterocycles. The predicted molar refractivity (Wildman–Crippen MR) is 111 cm³/mol. The Labute approximate surface area is 183 Å². The fourth-order valence-electron chi connectivity index (χ4n) is 3.93. The molecule has 7 nitrogen and oxygen atoms in total. The van der Waals surface area contributed by atoms with Crippen molar-refractivity contribution in [2.75, 3.05) is 6.61 Å². The molecular formula is C22H21ClFN3O4. The zero-order valence-electron chi connectivity index (χ0n) is 16.7. The van der Waals surface area contributed by atoms with Gasteiger partial charge in [-0.2, -0.15) is 0 Å². The molecule has 0 radical (unpaired) electrons. The number of aliphatic hydroxyl groups is 1. The van der Waals surface area contributed by atoms with E-state index in [1.54, 1.807) is 12.3 Å². The summed E-state index contributed by atoms with van der Waals surface area (Å²) in [6, 6.07) is 7.37. The van der Waals surface area contributed by atoms with Gasteiger partial charge in [0.1, 0.15) is 17.3 Å². The van der Waals surface area contributed by atoms with E-state index in [1.807, 2.05) is 13.0 Å². The predicted octanol–water partition coefficient (Wildman–Crippen LogP) is 2.66. The monoisotopic (exact) mass is 445 g/mol. The van der Waals surface area contributed by atoms with E-state index in [9.17, 15) is 19.1 Å². The van der Waals surface area contributed by atoms with Crippen molar-refractivity contribution in [3.05, 3.63) is 69.9 Å². The van der Waals surface area contributed by atoms with Crippen LogP contribution < -0.4 is 15.4 Å². The van der Waals surface area contributed by atoms with Crippen LogP contribution in [0.3, 0.4) is 0 Å². The van der Waals surface area contributed by atoms with E-state index in [-0.39, 0.29) is 29.7 Å². The lowest BCUT2D eigenvalue weighted by molar-refractivity contribution is -0.123. The Hall–Kier alpha value is -2.97. The minimum absolute atomic E-state index is 0.0344. The number of halogens is 2. The number of hydrogen-bond acceptors (Lipinski definition) is 5. The van der Waals surface area contributed by atoms with Crippen molar-refractivity contribution in [3.63, 3.8) is 0 Å². The first-order valence-electron chi connectivity index (χ1n) is 9.77. The maximum atomic E-state index is 13.4. The smallest absolute Gasteiger partial charge is 0.270 e. The molecule has 0 aliphatic heterocycles. The Morgan fingerprint density at radius 3 is 2.74 bits per heavy atom. The molecule has 1 atom stereocenters. The molecule has 9 heteroatoms. The number of aryl methyl sites for hydroxylation is 1. The largest absolute Gasteiger partial charge is 0.484 e. The number of nitrogens with zero attached hydrogens (tertiary/aromatic N) is 1. The maximum Gasteiger partial charge on any atom is 0.270 e. The van der Waals surface area contributed by atoms with Crippen molar-refractivity contribution in [2.24, 2.45) is 0 Å². The van der Waals surface area contributed by atoms with E-state index >= 15 is 0 Å². The first-order chi connectivity index (χ1) is 14.7. The normalized spacial score (nSPS) is 21.9. The molecule has 0 spiro atoms. The Bertz CT molecular complexity index is 1060. The number of nitrogens with one attached hydrogen (secondary N) is 2. The molecule has 5 rings (SSSR count). The third-order valence-corrected chi connectivity index (χ3v) is 5.77. The molecule has 2 amide bonds. The van der Waals surface area contributed by atoms with Gasteiger partial charge in [0.15, 0.2) is 6.61 Å². The van der Waals surface area contributed by atoms with E-state index in [1.165, 1.54) is 12.1 Å². The highest BCUT2D eigenvalue weighted by Crippen LogP contribution is 2.47. The molecule has 162 valence electrons. The first kappa shape index (κ1) is 21.3. The second-order valence-electron chi connectivity index (χ2n) is 7.96. The van der Waals surface area contributed by atoms with Gasteiger partial charge in [-0.05, 0) is 49.1 Å². The van der Waals surface area contributed by atoms with Crippen LogP contribution in [0.25, 0.3) is 0 Å². The fourth-order valence-corrected chi connectivity index (χ4v) is 4.05. The summed E-state index contributed by atoms with van der Waals surface area (Å²) in [5.41, 5.74) is 2.07. The highest BCUT2D eigenvalue weighted by Gasteiger charge is 2.50. The Morgan fingerprint density at radius 2 is 2.10 bits per heavy atom. The molecule has 1 saturated carbocycles. The summed E-state index contributed by atoms with van der Waals surface area (Å²) in [6.07, 6.45) is 2.08. The van der Waals surface area contributed by atoms with E-state index in [0.717, 1.165) is 17.2 Å². The third-order valence-electron chi connectivity index (χ3n) is 5.46. The molecule has 0 saturated heterocycles. The lowest BCUT2D eigenvalue weighted by Gasteiger charge is -2.51. The molecule has 3 aliphatic carbocycles. The summed E-state index contributed by atoms with van der Waals surface area (Å²) in [7, 11) is 0. The van der Waals surface area contributed by atoms with Crippen molar-refractivity contribution in [1.29, 1.82) is 0 Å². The van der Waals surface area contributed by atoms with Gasteiger partial charge >= 0.3 is 0 Å². The number of carbonyl (C=O) groups excluding carboxylic acids is 2. The molecule has 1 aromatic heterocycles. The van der Waals surface area contributed by atoms with Gasteiger partial charge < -0.3 is 20.5 Å². The summed E-state index contributed by atoms with van der Waals surface area (Å²) >= 11 is 5.62. The molecule has 31 heavy (non-hydrogen) atoms. The van der Waals surface area contributed by atoms with Crippen LogP contribution in [-0.2, 0) is 4.79 Å². The molecule has 2 bridgehead atoms. The van der Waals surface area contributed by atoms with Crippen molar-refractivity contribution in [1.82, 2.24) is 15.6 Å². The minimum atomic E-state index is -0.916. The molecule has 3 aliphatic rings. The van der Waals surface area contributed by atoms with Crippen LogP contribution >= 0.6 is 11.6 Å².